The van der Waals surface area contributed by atoms with Crippen LogP contribution in [0.25, 0.3) is 11.2 Å². The van der Waals surface area contributed by atoms with Crippen molar-refractivity contribution in [2.24, 2.45) is 5.41 Å². The molecule has 3 aliphatic rings. The first kappa shape index (κ1) is 20.5. The molecule has 10 nitrogen and oxygen atoms in total. The summed E-state index contributed by atoms with van der Waals surface area (Å²) >= 11 is 0. The first-order chi connectivity index (χ1) is 15.9. The summed E-state index contributed by atoms with van der Waals surface area (Å²) in [4.78, 5) is 30.9. The molecule has 6 rings (SSSR count). The Balaban J connectivity index is 1.24. The minimum Gasteiger partial charge on any atom is -0.431 e. The van der Waals surface area contributed by atoms with Crippen molar-refractivity contribution in [1.29, 1.82) is 0 Å². The van der Waals surface area contributed by atoms with Crippen LogP contribution in [-0.4, -0.2) is 60.3 Å². The molecule has 0 spiro atoms. The van der Waals surface area contributed by atoms with Gasteiger partial charge in [-0.1, -0.05) is 13.8 Å². The topological polar surface area (TPSA) is 110 Å². The normalized spacial score (nSPS) is 20.5. The van der Waals surface area contributed by atoms with Crippen LogP contribution in [-0.2, 0) is 4.74 Å². The number of hydrogen-bond donors (Lipinski definition) is 1. The van der Waals surface area contributed by atoms with Gasteiger partial charge in [-0.25, -0.2) is 4.98 Å². The number of fused-ring (bicyclic) bond motifs is 1. The molecule has 1 amide bonds. The zero-order chi connectivity index (χ0) is 22.6. The highest BCUT2D eigenvalue weighted by atomic mass is 16.5. The SMILES string of the molecule is CC1(C)CCN(c2nc(C(=O)Nc3cc4oc(N5CCOCC5)nc4nc3C3CC3)co2)C1. The van der Waals surface area contributed by atoms with E-state index in [1.165, 1.54) is 6.26 Å². The monoisotopic (exact) mass is 452 g/mol. The maximum Gasteiger partial charge on any atom is 0.300 e. The first-order valence-corrected chi connectivity index (χ1v) is 11.6. The van der Waals surface area contributed by atoms with Gasteiger partial charge in [0.2, 0.25) is 5.65 Å². The van der Waals surface area contributed by atoms with E-state index < -0.39 is 0 Å². The fraction of sp³-hybridized carbons (Fsp3) is 0.565. The van der Waals surface area contributed by atoms with Crippen LogP contribution in [0, 0.1) is 5.41 Å². The van der Waals surface area contributed by atoms with Crippen LogP contribution in [0.3, 0.4) is 0 Å². The highest BCUT2D eigenvalue weighted by Gasteiger charge is 2.33. The Morgan fingerprint density at radius 3 is 2.64 bits per heavy atom. The van der Waals surface area contributed by atoms with Crippen LogP contribution < -0.4 is 15.1 Å². The Morgan fingerprint density at radius 2 is 1.91 bits per heavy atom. The van der Waals surface area contributed by atoms with E-state index in [1.54, 1.807) is 0 Å². The summed E-state index contributed by atoms with van der Waals surface area (Å²) in [6, 6.07) is 2.86. The van der Waals surface area contributed by atoms with Crippen molar-refractivity contribution in [2.75, 3.05) is 54.5 Å². The van der Waals surface area contributed by atoms with Gasteiger partial charge in [0.1, 0.15) is 6.26 Å². The van der Waals surface area contributed by atoms with Crippen molar-refractivity contribution in [1.82, 2.24) is 15.0 Å². The van der Waals surface area contributed by atoms with Crippen molar-refractivity contribution in [3.05, 3.63) is 23.7 Å². The van der Waals surface area contributed by atoms with E-state index >= 15 is 0 Å². The standard InChI is InChI=1S/C23H28N6O4/c1-23(2)5-6-29(13-23)21-25-16(12-32-21)20(30)24-15-11-17-19(26-18(15)14-3-4-14)27-22(33-17)28-7-9-31-10-8-28/h11-12,14H,3-10,13H2,1-2H3,(H,24,30). The average Bonchev–Trinajstić information content (AvgIpc) is 3.20. The molecule has 33 heavy (non-hydrogen) atoms. The molecule has 2 saturated heterocycles. The van der Waals surface area contributed by atoms with E-state index in [9.17, 15) is 4.79 Å². The maximum absolute atomic E-state index is 13.0. The number of nitrogens with zero attached hydrogens (tertiary/aromatic N) is 5. The Labute approximate surface area is 191 Å². The van der Waals surface area contributed by atoms with Gasteiger partial charge in [-0.2, -0.15) is 9.97 Å². The Kier molecular flexibility index (Phi) is 4.79. The number of amides is 1. The smallest absolute Gasteiger partial charge is 0.300 e. The molecule has 2 aliphatic heterocycles. The molecule has 5 heterocycles. The lowest BCUT2D eigenvalue weighted by atomic mass is 9.93. The number of carbonyl (C=O) groups excluding carboxylic acids is 1. The van der Waals surface area contributed by atoms with Crippen molar-refractivity contribution in [3.8, 4) is 0 Å². The van der Waals surface area contributed by atoms with Crippen LogP contribution >= 0.6 is 0 Å². The third-order valence-electron chi connectivity index (χ3n) is 6.57. The second kappa shape index (κ2) is 7.72. The lowest BCUT2D eigenvalue weighted by Crippen LogP contribution is -2.36. The zero-order valence-electron chi connectivity index (χ0n) is 19.0. The van der Waals surface area contributed by atoms with Crippen LogP contribution in [0.15, 0.2) is 21.2 Å². The highest BCUT2D eigenvalue weighted by Crippen LogP contribution is 2.43. The lowest BCUT2D eigenvalue weighted by Gasteiger charge is -2.24. The van der Waals surface area contributed by atoms with Crippen LogP contribution in [0.2, 0.25) is 0 Å². The summed E-state index contributed by atoms with van der Waals surface area (Å²) in [6.07, 6.45) is 4.59. The van der Waals surface area contributed by atoms with Gasteiger partial charge in [0, 0.05) is 38.2 Å². The largest absolute Gasteiger partial charge is 0.431 e. The summed E-state index contributed by atoms with van der Waals surface area (Å²) in [7, 11) is 0. The molecule has 0 aromatic carbocycles. The Morgan fingerprint density at radius 1 is 1.09 bits per heavy atom. The summed E-state index contributed by atoms with van der Waals surface area (Å²) in [5.74, 6) is 0.00682. The highest BCUT2D eigenvalue weighted by molar-refractivity contribution is 6.04. The van der Waals surface area contributed by atoms with E-state index in [2.05, 4.69) is 38.9 Å². The third kappa shape index (κ3) is 4.03. The van der Waals surface area contributed by atoms with E-state index in [1.807, 2.05) is 6.07 Å². The van der Waals surface area contributed by atoms with Gasteiger partial charge in [0.05, 0.1) is 24.6 Å². The van der Waals surface area contributed by atoms with Crippen LogP contribution in [0.4, 0.5) is 17.7 Å². The predicted molar refractivity (Wildman–Crippen MR) is 122 cm³/mol. The number of anilines is 3. The number of rotatable bonds is 5. The predicted octanol–water partition coefficient (Wildman–Crippen LogP) is 3.41. The molecule has 0 radical (unpaired) electrons. The Hall–Kier alpha value is -3.14. The molecule has 0 atom stereocenters. The molecular weight excluding hydrogens is 424 g/mol. The minimum atomic E-state index is -0.320. The molecule has 1 N–H and O–H groups in total. The summed E-state index contributed by atoms with van der Waals surface area (Å²) in [5, 5.41) is 2.99. The van der Waals surface area contributed by atoms with Crippen LogP contribution in [0.1, 0.15) is 55.2 Å². The minimum absolute atomic E-state index is 0.217. The molecule has 1 aliphatic carbocycles. The number of hydrogen-bond acceptors (Lipinski definition) is 9. The molecule has 1 saturated carbocycles. The van der Waals surface area contributed by atoms with E-state index in [0.29, 0.717) is 48.1 Å². The number of aromatic nitrogens is 3. The number of pyridine rings is 1. The van der Waals surface area contributed by atoms with Gasteiger partial charge in [0.15, 0.2) is 11.3 Å². The molecule has 0 unspecified atom stereocenters. The summed E-state index contributed by atoms with van der Waals surface area (Å²) in [6.45, 7) is 8.93. The number of carbonyl (C=O) groups is 1. The van der Waals surface area contributed by atoms with E-state index in [-0.39, 0.29) is 17.0 Å². The van der Waals surface area contributed by atoms with Crippen molar-refractivity contribution < 1.29 is 18.4 Å². The molecule has 3 fully saturated rings. The van der Waals surface area contributed by atoms with E-state index in [0.717, 1.165) is 51.1 Å². The number of morpholine rings is 1. The van der Waals surface area contributed by atoms with Gasteiger partial charge in [-0.05, 0) is 24.7 Å². The van der Waals surface area contributed by atoms with Gasteiger partial charge >= 0.3 is 0 Å². The second-order valence-corrected chi connectivity index (χ2v) is 9.92. The van der Waals surface area contributed by atoms with Gasteiger partial charge in [-0.3, -0.25) is 4.79 Å². The molecule has 3 aromatic rings. The number of ether oxygens (including phenoxy) is 1. The molecule has 174 valence electrons. The number of nitrogens with one attached hydrogen (secondary N) is 1. The third-order valence-corrected chi connectivity index (χ3v) is 6.57. The molecule has 0 bridgehead atoms. The van der Waals surface area contributed by atoms with E-state index in [4.69, 9.17) is 18.6 Å². The molecule has 10 heteroatoms. The molecule has 3 aromatic heterocycles. The van der Waals surface area contributed by atoms with Crippen molar-refractivity contribution >= 4 is 34.9 Å². The van der Waals surface area contributed by atoms with Gasteiger partial charge in [0.25, 0.3) is 17.9 Å². The molecular formula is C23H28N6O4. The average molecular weight is 453 g/mol. The fourth-order valence-corrected chi connectivity index (χ4v) is 4.50. The maximum atomic E-state index is 13.0. The number of oxazole rings is 2. The van der Waals surface area contributed by atoms with Gasteiger partial charge in [-0.15, -0.1) is 0 Å². The fourth-order valence-electron chi connectivity index (χ4n) is 4.50. The van der Waals surface area contributed by atoms with Crippen molar-refractivity contribution in [3.63, 3.8) is 0 Å². The van der Waals surface area contributed by atoms with Crippen LogP contribution in [0.5, 0.6) is 0 Å². The summed E-state index contributed by atoms with van der Waals surface area (Å²) < 4.78 is 17.0. The quantitative estimate of drug-likeness (QED) is 0.623. The second-order valence-electron chi connectivity index (χ2n) is 9.92. The summed E-state index contributed by atoms with van der Waals surface area (Å²) in [5.41, 5.74) is 3.08. The zero-order valence-corrected chi connectivity index (χ0v) is 19.0. The van der Waals surface area contributed by atoms with Gasteiger partial charge < -0.3 is 28.7 Å². The van der Waals surface area contributed by atoms with Crippen molar-refractivity contribution in [2.45, 2.75) is 39.0 Å². The lowest BCUT2D eigenvalue weighted by molar-refractivity contribution is 0.102. The Bertz CT molecular complexity index is 1190. The first-order valence-electron chi connectivity index (χ1n) is 11.6.